The zero-order valence-electron chi connectivity index (χ0n) is 20.0. The number of thiophene rings is 1. The summed E-state index contributed by atoms with van der Waals surface area (Å²) >= 11 is 1.55. The number of carbonyl (C=O) groups excluding carboxylic acids is 2. The molecule has 0 unspecified atom stereocenters. The van der Waals surface area contributed by atoms with Crippen LogP contribution >= 0.6 is 11.3 Å². The lowest BCUT2D eigenvalue weighted by molar-refractivity contribution is -0.116. The van der Waals surface area contributed by atoms with Gasteiger partial charge in [0.2, 0.25) is 5.91 Å². The molecule has 7 heteroatoms. The van der Waals surface area contributed by atoms with E-state index in [4.69, 9.17) is 4.74 Å². The van der Waals surface area contributed by atoms with Gasteiger partial charge in [0.1, 0.15) is 10.8 Å². The molecule has 0 saturated carbocycles. The lowest BCUT2D eigenvalue weighted by Gasteiger charge is -2.33. The van der Waals surface area contributed by atoms with E-state index in [0.29, 0.717) is 28.8 Å². The van der Waals surface area contributed by atoms with Crippen LogP contribution in [0, 0.1) is 11.3 Å². The van der Waals surface area contributed by atoms with Gasteiger partial charge in [-0.15, -0.1) is 11.3 Å². The van der Waals surface area contributed by atoms with Crippen LogP contribution in [0.1, 0.15) is 54.9 Å². The lowest BCUT2D eigenvalue weighted by Crippen LogP contribution is -2.28. The van der Waals surface area contributed by atoms with Crippen LogP contribution in [0.2, 0.25) is 0 Å². The Kier molecular flexibility index (Phi) is 7.62. The summed E-state index contributed by atoms with van der Waals surface area (Å²) in [5.74, 6) is 1.03. The number of nitrogens with zero attached hydrogens (tertiary/aromatic N) is 1. The predicted molar refractivity (Wildman–Crippen MR) is 132 cm³/mol. The lowest BCUT2D eigenvalue weighted by atomic mass is 9.72. The summed E-state index contributed by atoms with van der Waals surface area (Å²) in [5, 5.41) is 6.67. The number of fused-ring (bicyclic) bond motifs is 1. The Hall–Kier alpha value is -2.38. The molecule has 1 aliphatic rings. The molecule has 32 heavy (non-hydrogen) atoms. The average Bonchev–Trinajstić information content (AvgIpc) is 3.05. The highest BCUT2D eigenvalue weighted by Gasteiger charge is 2.34. The van der Waals surface area contributed by atoms with E-state index < -0.39 is 0 Å². The third kappa shape index (κ3) is 5.90. The molecule has 2 aromatic rings. The zero-order chi connectivity index (χ0) is 23.5. The van der Waals surface area contributed by atoms with Crippen LogP contribution in [0.25, 0.3) is 0 Å². The second-order valence-corrected chi connectivity index (χ2v) is 10.8. The van der Waals surface area contributed by atoms with Crippen molar-refractivity contribution >= 4 is 33.8 Å². The van der Waals surface area contributed by atoms with Crippen LogP contribution < -0.4 is 15.4 Å². The smallest absolute Gasteiger partial charge is 0.258 e. The molecule has 2 N–H and O–H groups in total. The summed E-state index contributed by atoms with van der Waals surface area (Å²) in [7, 11) is 3.71. The van der Waals surface area contributed by atoms with Gasteiger partial charge in [-0.1, -0.05) is 20.8 Å². The first-order chi connectivity index (χ1) is 15.1. The molecule has 6 nitrogen and oxygen atoms in total. The van der Waals surface area contributed by atoms with Crippen LogP contribution in [0.15, 0.2) is 24.3 Å². The summed E-state index contributed by atoms with van der Waals surface area (Å²) in [4.78, 5) is 28.9. The van der Waals surface area contributed by atoms with Gasteiger partial charge in [-0.3, -0.25) is 9.59 Å². The molecule has 1 aliphatic carbocycles. The van der Waals surface area contributed by atoms with Crippen molar-refractivity contribution in [1.82, 2.24) is 4.90 Å². The first kappa shape index (κ1) is 24.3. The van der Waals surface area contributed by atoms with E-state index in [-0.39, 0.29) is 23.8 Å². The number of hydrogen-bond donors (Lipinski definition) is 2. The SMILES string of the molecule is CCOc1ccc(NC(=O)c2c(NC(=O)CN(C)C)sc3c2CC[C@H](C(C)(C)C)C3)cc1. The molecule has 0 radical (unpaired) electrons. The second kappa shape index (κ2) is 10.0. The average molecular weight is 458 g/mol. The number of benzene rings is 1. The number of likely N-dealkylation sites (N-methyl/N-ethyl adjacent to an activating group) is 1. The van der Waals surface area contributed by atoms with Crippen LogP contribution in [-0.2, 0) is 17.6 Å². The molecule has 0 bridgehead atoms. The number of ether oxygens (including phenoxy) is 1. The highest BCUT2D eigenvalue weighted by Crippen LogP contribution is 2.44. The zero-order valence-corrected chi connectivity index (χ0v) is 20.8. The Morgan fingerprint density at radius 3 is 2.44 bits per heavy atom. The van der Waals surface area contributed by atoms with Gasteiger partial charge < -0.3 is 20.3 Å². The van der Waals surface area contributed by atoms with Crippen LogP contribution in [0.4, 0.5) is 10.7 Å². The monoisotopic (exact) mass is 457 g/mol. The maximum Gasteiger partial charge on any atom is 0.258 e. The van der Waals surface area contributed by atoms with E-state index in [1.54, 1.807) is 11.3 Å². The minimum absolute atomic E-state index is 0.115. The molecule has 1 heterocycles. The highest BCUT2D eigenvalue weighted by atomic mass is 32.1. The molecule has 0 aliphatic heterocycles. The Labute approximate surface area is 195 Å². The van der Waals surface area contributed by atoms with Crippen LogP contribution in [-0.4, -0.2) is 44.0 Å². The minimum atomic E-state index is -0.180. The van der Waals surface area contributed by atoms with Crippen molar-refractivity contribution in [3.05, 3.63) is 40.3 Å². The summed E-state index contributed by atoms with van der Waals surface area (Å²) in [6.45, 7) is 9.62. The molecule has 3 rings (SSSR count). The van der Waals surface area contributed by atoms with Gasteiger partial charge in [-0.2, -0.15) is 0 Å². The fourth-order valence-electron chi connectivity index (χ4n) is 4.10. The van der Waals surface area contributed by atoms with Gasteiger partial charge in [0, 0.05) is 10.6 Å². The fourth-order valence-corrected chi connectivity index (χ4v) is 5.44. The van der Waals surface area contributed by atoms with Crippen molar-refractivity contribution in [3.8, 4) is 5.75 Å². The minimum Gasteiger partial charge on any atom is -0.494 e. The molecule has 1 atom stereocenters. The highest BCUT2D eigenvalue weighted by molar-refractivity contribution is 7.17. The second-order valence-electron chi connectivity index (χ2n) is 9.71. The maximum absolute atomic E-state index is 13.4. The maximum atomic E-state index is 13.4. The van der Waals surface area contributed by atoms with E-state index in [9.17, 15) is 9.59 Å². The number of hydrogen-bond acceptors (Lipinski definition) is 5. The Morgan fingerprint density at radius 1 is 1.16 bits per heavy atom. The topological polar surface area (TPSA) is 70.7 Å². The third-order valence-electron chi connectivity index (χ3n) is 5.85. The predicted octanol–water partition coefficient (Wildman–Crippen LogP) is 5.05. The summed E-state index contributed by atoms with van der Waals surface area (Å²) in [5.41, 5.74) is 2.60. The number of anilines is 2. The first-order valence-corrected chi connectivity index (χ1v) is 12.0. The standard InChI is InChI=1S/C25H35N3O3S/c1-7-31-18-11-9-17(10-12-18)26-23(30)22-19-13-8-16(25(2,3)4)14-20(19)32-24(22)27-21(29)15-28(5)6/h9-12,16H,7-8,13-15H2,1-6H3,(H,26,30)(H,27,29)/t16-/m0/s1. The quantitative estimate of drug-likeness (QED) is 0.610. The number of carbonyl (C=O) groups is 2. The van der Waals surface area contributed by atoms with Crippen molar-refractivity contribution in [2.75, 3.05) is 37.9 Å². The first-order valence-electron chi connectivity index (χ1n) is 11.2. The van der Waals surface area contributed by atoms with Crippen LogP contribution in [0.3, 0.4) is 0 Å². The van der Waals surface area contributed by atoms with E-state index in [1.165, 1.54) is 4.88 Å². The summed E-state index contributed by atoms with van der Waals surface area (Å²) < 4.78 is 5.48. The molecular formula is C25H35N3O3S. The van der Waals surface area contributed by atoms with Crippen molar-refractivity contribution in [1.29, 1.82) is 0 Å². The van der Waals surface area contributed by atoms with Gasteiger partial charge in [-0.05, 0) is 81.4 Å². The van der Waals surface area contributed by atoms with Gasteiger partial charge in [0.25, 0.3) is 5.91 Å². The molecule has 0 fully saturated rings. The summed E-state index contributed by atoms with van der Waals surface area (Å²) in [6, 6.07) is 7.36. The van der Waals surface area contributed by atoms with Gasteiger partial charge in [0.05, 0.1) is 18.7 Å². The largest absolute Gasteiger partial charge is 0.494 e. The molecular weight excluding hydrogens is 422 g/mol. The van der Waals surface area contributed by atoms with Crippen molar-refractivity contribution in [3.63, 3.8) is 0 Å². The van der Waals surface area contributed by atoms with E-state index in [2.05, 4.69) is 31.4 Å². The van der Waals surface area contributed by atoms with E-state index >= 15 is 0 Å². The fraction of sp³-hybridized carbons (Fsp3) is 0.520. The molecule has 0 spiro atoms. The molecule has 1 aromatic heterocycles. The third-order valence-corrected chi connectivity index (χ3v) is 7.02. The van der Waals surface area contributed by atoms with E-state index in [0.717, 1.165) is 30.6 Å². The normalized spacial score (nSPS) is 15.9. The van der Waals surface area contributed by atoms with Gasteiger partial charge >= 0.3 is 0 Å². The molecule has 2 amide bonds. The number of rotatable bonds is 7. The van der Waals surface area contributed by atoms with E-state index in [1.807, 2.05) is 50.2 Å². The summed E-state index contributed by atoms with van der Waals surface area (Å²) in [6.07, 6.45) is 2.83. The Morgan fingerprint density at radius 2 is 1.84 bits per heavy atom. The Bertz CT molecular complexity index is 958. The van der Waals surface area contributed by atoms with Crippen molar-refractivity contribution in [2.45, 2.75) is 47.0 Å². The molecule has 174 valence electrons. The van der Waals surface area contributed by atoms with Crippen molar-refractivity contribution < 1.29 is 14.3 Å². The Balaban J connectivity index is 1.89. The van der Waals surface area contributed by atoms with Crippen LogP contribution in [0.5, 0.6) is 5.75 Å². The molecule has 1 aromatic carbocycles. The van der Waals surface area contributed by atoms with Gasteiger partial charge in [0.15, 0.2) is 0 Å². The van der Waals surface area contributed by atoms with Crippen molar-refractivity contribution in [2.24, 2.45) is 11.3 Å². The van der Waals surface area contributed by atoms with Gasteiger partial charge in [-0.25, -0.2) is 0 Å². The number of nitrogens with one attached hydrogen (secondary N) is 2. The molecule has 0 saturated heterocycles. The number of amides is 2.